The van der Waals surface area contributed by atoms with Gasteiger partial charge in [0.1, 0.15) is 0 Å². The molecule has 5 nitrogen and oxygen atoms in total. The number of nitrogens with zero attached hydrogens (tertiary/aromatic N) is 3. The number of nitrogens with two attached hydrogens (primary N) is 1. The van der Waals surface area contributed by atoms with Crippen molar-refractivity contribution in [1.82, 2.24) is 9.97 Å². The molecule has 0 radical (unpaired) electrons. The predicted molar refractivity (Wildman–Crippen MR) is 71.7 cm³/mol. The summed E-state index contributed by atoms with van der Waals surface area (Å²) in [6.07, 6.45) is 2.93. The number of morpholine rings is 1. The van der Waals surface area contributed by atoms with Gasteiger partial charge in [-0.05, 0) is 24.9 Å². The van der Waals surface area contributed by atoms with Crippen molar-refractivity contribution in [1.29, 1.82) is 0 Å². The third-order valence-corrected chi connectivity index (χ3v) is 3.17. The lowest BCUT2D eigenvalue weighted by atomic mass is 10.1. The van der Waals surface area contributed by atoms with Crippen LogP contribution in [-0.2, 0) is 4.74 Å². The summed E-state index contributed by atoms with van der Waals surface area (Å²) in [6.45, 7) is 7.35. The number of ether oxygens (including phenoxy) is 1. The number of hydrogen-bond donors (Lipinski definition) is 1. The zero-order chi connectivity index (χ0) is 13.0. The molecular formula is C13H22N4O. The van der Waals surface area contributed by atoms with E-state index >= 15 is 0 Å². The van der Waals surface area contributed by atoms with E-state index < -0.39 is 0 Å². The first-order chi connectivity index (χ1) is 8.70. The highest BCUT2D eigenvalue weighted by molar-refractivity contribution is 5.31. The average Bonchev–Trinajstić information content (AvgIpc) is 2.39. The molecule has 1 saturated heterocycles. The van der Waals surface area contributed by atoms with E-state index in [1.165, 1.54) is 0 Å². The maximum Gasteiger partial charge on any atom is 0.225 e. The Balaban J connectivity index is 2.08. The first-order valence-corrected chi connectivity index (χ1v) is 6.60. The molecule has 2 heterocycles. The lowest BCUT2D eigenvalue weighted by molar-refractivity contribution is 0.0363. The molecule has 1 aliphatic heterocycles. The molecule has 2 rings (SSSR count). The quantitative estimate of drug-likeness (QED) is 0.868. The summed E-state index contributed by atoms with van der Waals surface area (Å²) in [7, 11) is 0. The smallest absolute Gasteiger partial charge is 0.225 e. The highest BCUT2D eigenvalue weighted by Crippen LogP contribution is 2.17. The van der Waals surface area contributed by atoms with Gasteiger partial charge in [0.25, 0.3) is 0 Å². The van der Waals surface area contributed by atoms with Crippen LogP contribution in [0.2, 0.25) is 0 Å². The van der Waals surface area contributed by atoms with Gasteiger partial charge in [-0.2, -0.15) is 0 Å². The van der Waals surface area contributed by atoms with E-state index in [0.29, 0.717) is 12.5 Å². The zero-order valence-corrected chi connectivity index (χ0v) is 11.2. The molecule has 1 fully saturated rings. The van der Waals surface area contributed by atoms with E-state index in [1.54, 1.807) is 0 Å². The second-order valence-electron chi connectivity index (χ2n) is 4.95. The summed E-state index contributed by atoms with van der Waals surface area (Å²) < 4.78 is 5.67. The Labute approximate surface area is 108 Å². The molecule has 1 aromatic heterocycles. The van der Waals surface area contributed by atoms with Crippen LogP contribution in [0.3, 0.4) is 0 Å². The monoisotopic (exact) mass is 250 g/mol. The topological polar surface area (TPSA) is 64.3 Å². The van der Waals surface area contributed by atoms with Crippen molar-refractivity contribution in [3.05, 3.63) is 18.0 Å². The van der Waals surface area contributed by atoms with Gasteiger partial charge in [0.2, 0.25) is 5.95 Å². The van der Waals surface area contributed by atoms with Gasteiger partial charge in [0, 0.05) is 25.0 Å². The molecular weight excluding hydrogens is 228 g/mol. The molecule has 0 amide bonds. The van der Waals surface area contributed by atoms with Gasteiger partial charge in [-0.15, -0.1) is 0 Å². The van der Waals surface area contributed by atoms with Gasteiger partial charge in [0.15, 0.2) is 0 Å². The van der Waals surface area contributed by atoms with E-state index in [9.17, 15) is 0 Å². The molecule has 1 aromatic rings. The van der Waals surface area contributed by atoms with Crippen LogP contribution in [0.4, 0.5) is 5.95 Å². The molecule has 0 unspecified atom stereocenters. The standard InChI is InChI=1S/C13H22N4O/c1-10(2)12-4-6-15-13(16-12)17-7-8-18-11(9-17)3-5-14/h4,6,10-11H,3,5,7-9,14H2,1-2H3/t11-/m0/s1. The Hall–Kier alpha value is -1.20. The summed E-state index contributed by atoms with van der Waals surface area (Å²) in [5.41, 5.74) is 6.66. The Morgan fingerprint density at radius 1 is 1.56 bits per heavy atom. The molecule has 2 N–H and O–H groups in total. The van der Waals surface area contributed by atoms with Crippen molar-refractivity contribution in [2.45, 2.75) is 32.3 Å². The maximum atomic E-state index is 5.67. The fourth-order valence-electron chi connectivity index (χ4n) is 2.10. The Morgan fingerprint density at radius 3 is 3.11 bits per heavy atom. The van der Waals surface area contributed by atoms with Gasteiger partial charge >= 0.3 is 0 Å². The molecule has 0 saturated carbocycles. The van der Waals surface area contributed by atoms with Crippen LogP contribution < -0.4 is 10.6 Å². The second kappa shape index (κ2) is 6.11. The molecule has 100 valence electrons. The lowest BCUT2D eigenvalue weighted by Crippen LogP contribution is -2.44. The van der Waals surface area contributed by atoms with Gasteiger partial charge in [-0.1, -0.05) is 13.8 Å². The van der Waals surface area contributed by atoms with Gasteiger partial charge in [0.05, 0.1) is 12.7 Å². The van der Waals surface area contributed by atoms with Gasteiger partial charge in [-0.25, -0.2) is 9.97 Å². The van der Waals surface area contributed by atoms with Crippen molar-refractivity contribution < 1.29 is 4.74 Å². The third kappa shape index (κ3) is 3.17. The van der Waals surface area contributed by atoms with Crippen LogP contribution in [-0.4, -0.2) is 42.3 Å². The molecule has 0 spiro atoms. The van der Waals surface area contributed by atoms with E-state index in [0.717, 1.165) is 37.8 Å². The van der Waals surface area contributed by atoms with Crippen molar-refractivity contribution in [3.63, 3.8) is 0 Å². The van der Waals surface area contributed by atoms with E-state index in [-0.39, 0.29) is 6.10 Å². The first-order valence-electron chi connectivity index (χ1n) is 6.60. The Morgan fingerprint density at radius 2 is 2.39 bits per heavy atom. The highest BCUT2D eigenvalue weighted by atomic mass is 16.5. The highest BCUT2D eigenvalue weighted by Gasteiger charge is 2.22. The molecule has 0 bridgehead atoms. The van der Waals surface area contributed by atoms with Crippen LogP contribution in [0.5, 0.6) is 0 Å². The summed E-state index contributed by atoms with van der Waals surface area (Å²) in [6, 6.07) is 1.98. The van der Waals surface area contributed by atoms with Crippen LogP contribution >= 0.6 is 0 Å². The summed E-state index contributed by atoms with van der Waals surface area (Å²) >= 11 is 0. The maximum absolute atomic E-state index is 5.67. The zero-order valence-electron chi connectivity index (χ0n) is 11.2. The minimum Gasteiger partial charge on any atom is -0.374 e. The number of aromatic nitrogens is 2. The van der Waals surface area contributed by atoms with Gasteiger partial charge in [-0.3, -0.25) is 0 Å². The third-order valence-electron chi connectivity index (χ3n) is 3.17. The number of hydrogen-bond acceptors (Lipinski definition) is 5. The summed E-state index contributed by atoms with van der Waals surface area (Å²) in [5.74, 6) is 1.24. The normalized spacial score (nSPS) is 20.4. The van der Waals surface area contributed by atoms with Crippen LogP contribution in [0.25, 0.3) is 0 Å². The summed E-state index contributed by atoms with van der Waals surface area (Å²) in [4.78, 5) is 11.2. The number of rotatable bonds is 4. The van der Waals surface area contributed by atoms with Crippen molar-refractivity contribution in [3.8, 4) is 0 Å². The predicted octanol–water partition coefficient (Wildman–Crippen LogP) is 1.15. The SMILES string of the molecule is CC(C)c1ccnc(N2CCO[C@@H](CCN)C2)n1. The first kappa shape index (κ1) is 13.2. The minimum absolute atomic E-state index is 0.204. The molecule has 0 aromatic carbocycles. The van der Waals surface area contributed by atoms with Gasteiger partial charge < -0.3 is 15.4 Å². The number of anilines is 1. The average molecular weight is 250 g/mol. The minimum atomic E-state index is 0.204. The van der Waals surface area contributed by atoms with E-state index in [4.69, 9.17) is 10.5 Å². The van der Waals surface area contributed by atoms with Crippen molar-refractivity contribution in [2.24, 2.45) is 5.73 Å². The Bertz CT molecular complexity index is 381. The molecule has 1 aliphatic rings. The molecule has 0 aliphatic carbocycles. The largest absolute Gasteiger partial charge is 0.374 e. The van der Waals surface area contributed by atoms with Crippen LogP contribution in [0.15, 0.2) is 12.3 Å². The summed E-state index contributed by atoms with van der Waals surface area (Å²) in [5, 5.41) is 0. The Kier molecular flexibility index (Phi) is 4.49. The lowest BCUT2D eigenvalue weighted by Gasteiger charge is -2.33. The fraction of sp³-hybridized carbons (Fsp3) is 0.692. The molecule has 5 heteroatoms. The van der Waals surface area contributed by atoms with Crippen LogP contribution in [0, 0.1) is 0 Å². The second-order valence-corrected chi connectivity index (χ2v) is 4.95. The van der Waals surface area contributed by atoms with E-state index in [1.807, 2.05) is 12.3 Å². The molecule has 18 heavy (non-hydrogen) atoms. The van der Waals surface area contributed by atoms with E-state index in [2.05, 4.69) is 28.7 Å². The van der Waals surface area contributed by atoms with Crippen molar-refractivity contribution in [2.75, 3.05) is 31.1 Å². The molecule has 1 atom stereocenters. The van der Waals surface area contributed by atoms with Crippen LogP contribution in [0.1, 0.15) is 31.9 Å². The van der Waals surface area contributed by atoms with Crippen molar-refractivity contribution >= 4 is 5.95 Å². The fourth-order valence-corrected chi connectivity index (χ4v) is 2.10.